The zero-order valence-corrected chi connectivity index (χ0v) is 19.4. The number of hydrogen-bond acceptors (Lipinski definition) is 7. The Morgan fingerprint density at radius 2 is 2.00 bits per heavy atom. The van der Waals surface area contributed by atoms with Gasteiger partial charge in [0.2, 0.25) is 5.91 Å². The average molecular weight is 495 g/mol. The lowest BCUT2D eigenvalue weighted by Crippen LogP contribution is -2.47. The van der Waals surface area contributed by atoms with Gasteiger partial charge in [-0.05, 0) is 48.9 Å². The summed E-state index contributed by atoms with van der Waals surface area (Å²) >= 11 is 0. The van der Waals surface area contributed by atoms with Crippen LogP contribution in [0.4, 0.5) is 10.1 Å². The van der Waals surface area contributed by atoms with Crippen LogP contribution in [-0.4, -0.2) is 64.6 Å². The molecule has 3 N–H and O–H groups in total. The molecule has 11 heteroatoms. The van der Waals surface area contributed by atoms with Crippen LogP contribution in [0.2, 0.25) is 0 Å². The Balaban J connectivity index is 1.51. The van der Waals surface area contributed by atoms with E-state index in [0.717, 1.165) is 17.7 Å². The number of carbonyl (C=O) groups is 1. The highest BCUT2D eigenvalue weighted by Gasteiger charge is 2.46. The van der Waals surface area contributed by atoms with Crippen molar-refractivity contribution in [3.8, 4) is 5.75 Å². The summed E-state index contributed by atoms with van der Waals surface area (Å²) in [5.74, 6) is -0.323. The molecule has 0 aromatic heterocycles. The van der Waals surface area contributed by atoms with E-state index in [1.54, 1.807) is 25.3 Å². The molecule has 9 nitrogen and oxygen atoms in total. The Kier molecular flexibility index (Phi) is 7.36. The van der Waals surface area contributed by atoms with Gasteiger partial charge >= 0.3 is 0 Å². The second-order valence-electron chi connectivity index (χ2n) is 8.26. The van der Waals surface area contributed by atoms with Crippen LogP contribution in [0.3, 0.4) is 0 Å². The topological polar surface area (TPSA) is 123 Å². The van der Waals surface area contributed by atoms with Crippen molar-refractivity contribution in [2.45, 2.75) is 42.0 Å². The molecule has 4 rings (SSSR count). The standard InChI is InChI=1S/C23H27FN2O7S/c1-31-9-8-25-22(28)12-16-11-19-18-10-15(4-7-20(18)33-23(19)21(13-27)32-16)26-34(29,30)17-5-2-14(24)3-6-17/h2-7,10,16,19,21,23,26-27H,8-9,11-13H2,1H3,(H,25,28)/t16-,19+,21+,23-/m0/s1. The van der Waals surface area contributed by atoms with E-state index in [1.165, 1.54) is 12.1 Å². The molecular formula is C23H27FN2O7S. The molecule has 184 valence electrons. The molecule has 0 saturated carbocycles. The number of benzene rings is 2. The van der Waals surface area contributed by atoms with Gasteiger partial charge in [0.1, 0.15) is 23.8 Å². The number of methoxy groups -OCH3 is 1. The highest BCUT2D eigenvalue weighted by atomic mass is 32.2. The first-order valence-electron chi connectivity index (χ1n) is 10.9. The maximum absolute atomic E-state index is 13.2. The van der Waals surface area contributed by atoms with Gasteiger partial charge in [0.15, 0.2) is 0 Å². The minimum absolute atomic E-state index is 0.0607. The van der Waals surface area contributed by atoms with E-state index in [1.807, 2.05) is 0 Å². The Morgan fingerprint density at radius 1 is 1.24 bits per heavy atom. The van der Waals surface area contributed by atoms with Crippen molar-refractivity contribution < 1.29 is 36.9 Å². The summed E-state index contributed by atoms with van der Waals surface area (Å²) < 4.78 is 58.0. The van der Waals surface area contributed by atoms with Crippen LogP contribution < -0.4 is 14.8 Å². The van der Waals surface area contributed by atoms with Crippen molar-refractivity contribution in [1.82, 2.24) is 5.32 Å². The van der Waals surface area contributed by atoms with Gasteiger partial charge in [-0.2, -0.15) is 0 Å². The fourth-order valence-electron chi connectivity index (χ4n) is 4.35. The maximum atomic E-state index is 13.2. The van der Waals surface area contributed by atoms with Gasteiger partial charge in [-0.15, -0.1) is 0 Å². The van der Waals surface area contributed by atoms with Crippen molar-refractivity contribution >= 4 is 21.6 Å². The molecule has 2 aliphatic heterocycles. The lowest BCUT2D eigenvalue weighted by molar-refractivity contribution is -0.142. The van der Waals surface area contributed by atoms with E-state index in [2.05, 4.69) is 10.0 Å². The third kappa shape index (κ3) is 5.33. The number of sulfonamides is 1. The number of carbonyl (C=O) groups excluding carboxylic acids is 1. The number of rotatable bonds is 9. The molecule has 2 aromatic carbocycles. The predicted octanol–water partition coefficient (Wildman–Crippen LogP) is 1.77. The van der Waals surface area contributed by atoms with E-state index in [-0.39, 0.29) is 29.7 Å². The smallest absolute Gasteiger partial charge is 0.261 e. The second kappa shape index (κ2) is 10.3. The van der Waals surface area contributed by atoms with Gasteiger partial charge in [-0.25, -0.2) is 12.8 Å². The zero-order valence-electron chi connectivity index (χ0n) is 18.6. The summed E-state index contributed by atoms with van der Waals surface area (Å²) in [6.45, 7) is 0.515. The highest BCUT2D eigenvalue weighted by molar-refractivity contribution is 7.92. The number of amides is 1. The molecule has 1 amide bonds. The second-order valence-corrected chi connectivity index (χ2v) is 9.95. The van der Waals surface area contributed by atoms with Gasteiger partial charge in [-0.1, -0.05) is 0 Å². The number of fused-ring (bicyclic) bond motifs is 3. The lowest BCUT2D eigenvalue weighted by atomic mass is 9.84. The van der Waals surface area contributed by atoms with E-state index in [9.17, 15) is 22.7 Å². The minimum Gasteiger partial charge on any atom is -0.487 e. The fraction of sp³-hybridized carbons (Fsp3) is 0.435. The summed E-state index contributed by atoms with van der Waals surface area (Å²) in [5.41, 5.74) is 1.10. The number of ether oxygens (including phenoxy) is 3. The van der Waals surface area contributed by atoms with Crippen molar-refractivity contribution in [2.75, 3.05) is 31.6 Å². The highest BCUT2D eigenvalue weighted by Crippen LogP contribution is 2.47. The number of aliphatic hydroxyl groups excluding tert-OH is 1. The molecule has 0 unspecified atom stereocenters. The molecule has 4 atom stereocenters. The van der Waals surface area contributed by atoms with Crippen LogP contribution in [-0.2, 0) is 24.3 Å². The van der Waals surface area contributed by atoms with Gasteiger partial charge in [0, 0.05) is 30.8 Å². The van der Waals surface area contributed by atoms with Crippen LogP contribution in [0.5, 0.6) is 5.75 Å². The van der Waals surface area contributed by atoms with Crippen LogP contribution in [0, 0.1) is 5.82 Å². The maximum Gasteiger partial charge on any atom is 0.261 e. The van der Waals surface area contributed by atoms with Gasteiger partial charge in [0.25, 0.3) is 10.0 Å². The third-order valence-electron chi connectivity index (χ3n) is 5.92. The summed E-state index contributed by atoms with van der Waals surface area (Å²) in [6.07, 6.45) is -0.913. The van der Waals surface area contributed by atoms with E-state index >= 15 is 0 Å². The molecule has 0 radical (unpaired) electrons. The molecule has 0 bridgehead atoms. The number of hydrogen-bond donors (Lipinski definition) is 3. The molecule has 2 aliphatic rings. The summed E-state index contributed by atoms with van der Waals surface area (Å²) in [7, 11) is -2.37. The molecule has 1 fully saturated rings. The van der Waals surface area contributed by atoms with Crippen LogP contribution in [0.15, 0.2) is 47.4 Å². The molecule has 0 aliphatic carbocycles. The van der Waals surface area contributed by atoms with Gasteiger partial charge in [0.05, 0.1) is 30.6 Å². The Bertz CT molecular complexity index is 1130. The molecule has 34 heavy (non-hydrogen) atoms. The third-order valence-corrected chi connectivity index (χ3v) is 7.31. The van der Waals surface area contributed by atoms with Crippen molar-refractivity contribution in [3.63, 3.8) is 0 Å². The van der Waals surface area contributed by atoms with Crippen molar-refractivity contribution in [2.24, 2.45) is 0 Å². The molecule has 2 aromatic rings. The van der Waals surface area contributed by atoms with Crippen molar-refractivity contribution in [3.05, 3.63) is 53.8 Å². The zero-order chi connectivity index (χ0) is 24.3. The normalized spacial score (nSPS) is 23.5. The first-order chi connectivity index (χ1) is 16.3. The first kappa shape index (κ1) is 24.4. The Morgan fingerprint density at radius 3 is 2.71 bits per heavy atom. The Labute approximate surface area is 197 Å². The number of nitrogens with one attached hydrogen (secondary N) is 2. The number of halogens is 1. The fourth-order valence-corrected chi connectivity index (χ4v) is 5.40. The Hall–Kier alpha value is -2.73. The summed E-state index contributed by atoms with van der Waals surface area (Å²) in [6, 6.07) is 9.48. The number of aliphatic hydroxyl groups is 1. The minimum atomic E-state index is -3.92. The molecular weight excluding hydrogens is 467 g/mol. The lowest BCUT2D eigenvalue weighted by Gasteiger charge is -2.37. The van der Waals surface area contributed by atoms with E-state index < -0.39 is 34.2 Å². The molecule has 0 spiro atoms. The van der Waals surface area contributed by atoms with E-state index in [0.29, 0.717) is 31.0 Å². The molecule has 2 heterocycles. The van der Waals surface area contributed by atoms with Gasteiger partial charge in [-0.3, -0.25) is 9.52 Å². The van der Waals surface area contributed by atoms with Gasteiger partial charge < -0.3 is 24.6 Å². The number of anilines is 1. The SMILES string of the molecule is COCCNC(=O)C[C@@H]1C[C@@H]2c3cc(NS(=O)(=O)c4ccc(F)cc4)ccc3O[C@@H]2[C@@H](CO)O1. The average Bonchev–Trinajstić information content (AvgIpc) is 3.17. The predicted molar refractivity (Wildman–Crippen MR) is 121 cm³/mol. The van der Waals surface area contributed by atoms with Crippen LogP contribution >= 0.6 is 0 Å². The van der Waals surface area contributed by atoms with E-state index in [4.69, 9.17) is 14.2 Å². The quantitative estimate of drug-likeness (QED) is 0.454. The summed E-state index contributed by atoms with van der Waals surface area (Å²) in [5, 5.41) is 12.6. The summed E-state index contributed by atoms with van der Waals surface area (Å²) in [4.78, 5) is 12.2. The first-order valence-corrected chi connectivity index (χ1v) is 12.4. The van der Waals surface area contributed by atoms with Crippen LogP contribution in [0.1, 0.15) is 24.3 Å². The van der Waals surface area contributed by atoms with Crippen molar-refractivity contribution in [1.29, 1.82) is 0 Å². The largest absolute Gasteiger partial charge is 0.487 e. The molecule has 1 saturated heterocycles. The monoisotopic (exact) mass is 494 g/mol. The van der Waals surface area contributed by atoms with Crippen LogP contribution in [0.25, 0.3) is 0 Å².